The van der Waals surface area contributed by atoms with E-state index in [1.807, 2.05) is 72.8 Å². The van der Waals surface area contributed by atoms with Crippen LogP contribution in [-0.4, -0.2) is 97.8 Å². The van der Waals surface area contributed by atoms with Crippen molar-refractivity contribution in [1.82, 2.24) is 0 Å². The molecule has 4 atom stereocenters. The first-order valence-corrected chi connectivity index (χ1v) is 29.2. The molecule has 2 heterocycles. The van der Waals surface area contributed by atoms with Gasteiger partial charge in [0.1, 0.15) is 12.9 Å². The first kappa shape index (κ1) is 47.7. The van der Waals surface area contributed by atoms with Crippen LogP contribution < -0.4 is 20.7 Å². The smallest absolute Gasteiger partial charge is 0.354 e. The van der Waals surface area contributed by atoms with Crippen LogP contribution in [0.15, 0.2) is 126 Å². The van der Waals surface area contributed by atoms with Gasteiger partial charge >= 0.3 is 14.3 Å². The number of carbonyl (C=O) groups is 1. The molecule has 0 aromatic heterocycles. The fraction of sp³-hybridized carbons (Fsp3) is 0.469. The molecular weight excluding hydrogens is 831 g/mol. The van der Waals surface area contributed by atoms with Crippen molar-refractivity contribution in [3.05, 3.63) is 121 Å². The van der Waals surface area contributed by atoms with Gasteiger partial charge < -0.3 is 37.7 Å². The topological polar surface area (TPSA) is 114 Å². The zero-order chi connectivity index (χ0) is 45.1. The Labute approximate surface area is 372 Å². The molecule has 4 aromatic rings. The van der Waals surface area contributed by atoms with Gasteiger partial charge in [0, 0.05) is 19.7 Å². The maximum absolute atomic E-state index is 14.8. The summed E-state index contributed by atoms with van der Waals surface area (Å²) in [5.41, 5.74) is -4.42. The molecule has 1 N–H and O–H groups in total. The summed E-state index contributed by atoms with van der Waals surface area (Å²) in [4.78, 5) is 14.8. The Kier molecular flexibility index (Phi) is 14.1. The normalized spacial score (nSPS) is 23.3. The summed E-state index contributed by atoms with van der Waals surface area (Å²) in [7, 11) is -7.80. The van der Waals surface area contributed by atoms with Crippen molar-refractivity contribution in [3.8, 4) is 0 Å². The Morgan fingerprint density at radius 3 is 1.56 bits per heavy atom. The van der Waals surface area contributed by atoms with Gasteiger partial charge in [-0.05, 0) is 45.7 Å². The van der Waals surface area contributed by atoms with E-state index >= 15 is 0 Å². The van der Waals surface area contributed by atoms with Crippen LogP contribution in [0, 0.1) is 0 Å². The standard InChI is InChI=1S/C49H67NO9Si3/c1-45(2,3)61(38-24-16-12-17-25-38,39-26-18-13-19-27-39)55-35-42-48(52,36-50-59-62(46(4,5)6,40-28-20-14-21-29-40)41-30-22-15-23-31-41)49(44(51)56-42)43(57-47(7,8)58-49)34-54-37-53-32-33-60(9,10)11/h12-31,36,42-43,52H,32-35,37H2,1-11H3/b50-36+/t42-,43?,48+,49+/m1/s1. The second-order valence-corrected chi connectivity index (χ2v) is 34.4. The van der Waals surface area contributed by atoms with Crippen LogP contribution in [0.4, 0.5) is 0 Å². The lowest BCUT2D eigenvalue weighted by Gasteiger charge is -2.44. The number of nitrogens with zero attached hydrogens (tertiary/aromatic N) is 1. The highest BCUT2D eigenvalue weighted by Crippen LogP contribution is 2.50. The quantitative estimate of drug-likeness (QED) is 0.0299. The molecule has 62 heavy (non-hydrogen) atoms. The van der Waals surface area contributed by atoms with Gasteiger partial charge in [-0.25, -0.2) is 4.79 Å². The van der Waals surface area contributed by atoms with Crippen molar-refractivity contribution < 1.29 is 42.5 Å². The Morgan fingerprint density at radius 1 is 0.677 bits per heavy atom. The molecule has 2 aliphatic rings. The molecule has 0 radical (unpaired) electrons. The van der Waals surface area contributed by atoms with E-state index in [-0.39, 0.29) is 20.0 Å². The number of esters is 1. The maximum atomic E-state index is 14.8. The summed E-state index contributed by atoms with van der Waals surface area (Å²) in [5.74, 6) is -2.15. The average molecular weight is 898 g/mol. The summed E-state index contributed by atoms with van der Waals surface area (Å²) in [6.45, 7) is 23.4. The van der Waals surface area contributed by atoms with Gasteiger partial charge in [0.05, 0.1) is 19.4 Å². The van der Waals surface area contributed by atoms with Crippen molar-refractivity contribution in [3.63, 3.8) is 0 Å². The Balaban J connectivity index is 1.46. The van der Waals surface area contributed by atoms with Crippen LogP contribution in [0.5, 0.6) is 0 Å². The molecule has 0 saturated carbocycles. The molecule has 2 fully saturated rings. The second-order valence-electron chi connectivity index (χ2n) is 20.2. The highest BCUT2D eigenvalue weighted by atomic mass is 28.4. The molecule has 0 bridgehead atoms. The molecule has 0 aliphatic carbocycles. The van der Waals surface area contributed by atoms with Crippen molar-refractivity contribution in [1.29, 1.82) is 0 Å². The van der Waals surface area contributed by atoms with Gasteiger partial charge in [0.25, 0.3) is 8.32 Å². The molecule has 1 spiro atoms. The summed E-state index contributed by atoms with van der Waals surface area (Å²) in [6, 6.07) is 41.5. The summed E-state index contributed by atoms with van der Waals surface area (Å²) < 4.78 is 45.6. The Hall–Kier alpha value is -3.77. The van der Waals surface area contributed by atoms with E-state index in [2.05, 4.69) is 110 Å². The van der Waals surface area contributed by atoms with Crippen molar-refractivity contribution in [2.75, 3.05) is 26.6 Å². The van der Waals surface area contributed by atoms with Crippen LogP contribution in [0.25, 0.3) is 0 Å². The molecule has 2 saturated heterocycles. The fourth-order valence-electron chi connectivity index (χ4n) is 9.04. The third-order valence-electron chi connectivity index (χ3n) is 12.1. The minimum Gasteiger partial charge on any atom is -0.454 e. The number of hydrogen-bond donors (Lipinski definition) is 1. The lowest BCUT2D eigenvalue weighted by Crippen LogP contribution is -2.69. The lowest BCUT2D eigenvalue weighted by molar-refractivity contribution is -0.193. The molecular formula is C49H67NO9Si3. The number of cyclic esters (lactones) is 1. The van der Waals surface area contributed by atoms with E-state index in [4.69, 9.17) is 37.8 Å². The molecule has 334 valence electrons. The number of aliphatic hydroxyl groups is 1. The number of oxime groups is 1. The third kappa shape index (κ3) is 9.24. The molecule has 4 aromatic carbocycles. The van der Waals surface area contributed by atoms with Crippen molar-refractivity contribution in [2.24, 2.45) is 5.16 Å². The molecule has 10 nitrogen and oxygen atoms in total. The number of benzene rings is 4. The Bertz CT molecular complexity index is 2030. The number of ether oxygens (including phenoxy) is 5. The van der Waals surface area contributed by atoms with Crippen molar-refractivity contribution in [2.45, 2.75) is 120 Å². The number of rotatable bonds is 17. The predicted octanol–water partition coefficient (Wildman–Crippen LogP) is 7.00. The minimum atomic E-state index is -3.27. The van der Waals surface area contributed by atoms with Crippen LogP contribution in [0.2, 0.25) is 35.8 Å². The van der Waals surface area contributed by atoms with Gasteiger partial charge in [-0.2, -0.15) is 0 Å². The molecule has 13 heteroatoms. The van der Waals surface area contributed by atoms with Crippen molar-refractivity contribution >= 4 is 57.6 Å². The minimum absolute atomic E-state index is 0.0280. The number of carbonyl (C=O) groups excluding carboxylic acids is 1. The SMILES string of the molecule is CC1(C)OC(COCOCC[Si](C)(C)C)[C@]2(O1)C(=O)O[C@H](CO[Si](c1ccccc1)(c1ccccc1)C(C)(C)C)[C@@]2(O)/C=N/O[Si](c1ccccc1)(c1ccccc1)C(C)(C)C. The van der Waals surface area contributed by atoms with E-state index in [0.29, 0.717) is 6.61 Å². The summed E-state index contributed by atoms with van der Waals surface area (Å²) >= 11 is 0. The summed E-state index contributed by atoms with van der Waals surface area (Å²) in [6.07, 6.45) is -1.15. The molecule has 2 aliphatic heterocycles. The van der Waals surface area contributed by atoms with E-state index in [1.54, 1.807) is 13.8 Å². The monoisotopic (exact) mass is 897 g/mol. The van der Waals surface area contributed by atoms with Gasteiger partial charge in [-0.1, -0.05) is 183 Å². The van der Waals surface area contributed by atoms with E-state index < -0.39 is 70.0 Å². The van der Waals surface area contributed by atoms with E-state index in [1.165, 1.54) is 6.21 Å². The third-order valence-corrected chi connectivity index (χ3v) is 23.6. The van der Waals surface area contributed by atoms with E-state index in [9.17, 15) is 9.90 Å². The highest BCUT2D eigenvalue weighted by molar-refractivity contribution is 7.00. The van der Waals surface area contributed by atoms with Gasteiger partial charge in [0.15, 0.2) is 17.5 Å². The first-order valence-electron chi connectivity index (χ1n) is 21.7. The Morgan fingerprint density at radius 2 is 1.13 bits per heavy atom. The first-order chi connectivity index (χ1) is 29.1. The molecule has 6 rings (SSSR count). The van der Waals surface area contributed by atoms with Crippen LogP contribution in [-0.2, 0) is 37.4 Å². The number of hydrogen-bond acceptors (Lipinski definition) is 10. The predicted molar refractivity (Wildman–Crippen MR) is 253 cm³/mol. The maximum Gasteiger partial charge on any atom is 0.354 e. The van der Waals surface area contributed by atoms with Gasteiger partial charge in [-0.3, -0.25) is 0 Å². The highest BCUT2D eigenvalue weighted by Gasteiger charge is 2.77. The molecule has 1 unspecified atom stereocenters. The zero-order valence-electron chi connectivity index (χ0n) is 38.5. The van der Waals surface area contributed by atoms with Gasteiger partial charge in [-0.15, -0.1) is 5.16 Å². The van der Waals surface area contributed by atoms with Crippen LogP contribution >= 0.6 is 0 Å². The second kappa shape index (κ2) is 18.4. The fourth-order valence-corrected chi connectivity index (χ4v) is 18.4. The van der Waals surface area contributed by atoms with Crippen LogP contribution in [0.3, 0.4) is 0 Å². The lowest BCUT2D eigenvalue weighted by atomic mass is 9.78. The zero-order valence-corrected chi connectivity index (χ0v) is 41.5. The van der Waals surface area contributed by atoms with Crippen LogP contribution in [0.1, 0.15) is 55.4 Å². The summed E-state index contributed by atoms with van der Waals surface area (Å²) in [5, 5.41) is 21.5. The average Bonchev–Trinajstić information content (AvgIpc) is 3.62. The van der Waals surface area contributed by atoms with E-state index in [0.717, 1.165) is 26.8 Å². The largest absolute Gasteiger partial charge is 0.454 e. The van der Waals surface area contributed by atoms with Gasteiger partial charge in [0.2, 0.25) is 5.60 Å². The molecule has 0 amide bonds.